The second-order valence-electron chi connectivity index (χ2n) is 16.7. The molecule has 1 saturated heterocycles. The Morgan fingerprint density at radius 1 is 0.903 bits per heavy atom. The van der Waals surface area contributed by atoms with Crippen LogP contribution in [0.3, 0.4) is 0 Å². The molecule has 0 radical (unpaired) electrons. The number of esters is 1. The highest BCUT2D eigenvalue weighted by atomic mass is 16.7. The number of ketones is 3. The van der Waals surface area contributed by atoms with Crippen molar-refractivity contribution in [1.82, 2.24) is 15.2 Å². The van der Waals surface area contributed by atoms with Crippen LogP contribution in [-0.4, -0.2) is 118 Å². The first-order chi connectivity index (χ1) is 29.3. The van der Waals surface area contributed by atoms with Gasteiger partial charge in [-0.25, -0.2) is 4.98 Å². The van der Waals surface area contributed by atoms with E-state index in [2.05, 4.69) is 10.3 Å². The molecule has 332 valence electrons. The van der Waals surface area contributed by atoms with Crippen LogP contribution >= 0.6 is 0 Å². The van der Waals surface area contributed by atoms with Gasteiger partial charge < -0.3 is 49.4 Å². The van der Waals surface area contributed by atoms with Crippen LogP contribution in [-0.2, 0) is 23.8 Å². The molecule has 1 aliphatic carbocycles. The quantitative estimate of drug-likeness (QED) is 0.318. The molecule has 5 bridgehead atoms. The van der Waals surface area contributed by atoms with E-state index >= 15 is 4.79 Å². The van der Waals surface area contributed by atoms with Gasteiger partial charge in [0.15, 0.2) is 0 Å². The van der Waals surface area contributed by atoms with Gasteiger partial charge in [-0.05, 0) is 32.1 Å². The number of hydrogen-bond donors (Lipinski definition) is 4. The number of fused-ring (bicyclic) bond motifs is 14. The molecule has 1 aromatic carbocycles. The standard InChI is InChI=1S/C46H56N4O12/c1-23-13-12-14-24(2)45(58)48-35-36(50-20-18-49(19-21-50)31-15-10-11-17-47-31)41(56)32-33(40(35)55)39(54)28(6)43-34(32)44(57)46(8,62-43)60-22-16-30(59-9)25(3)42(61-29(7)51)27(5)38(53)26(4)37(23)52/h10-17,22-23,25-27,30,37-38,42,52-54H,18-21H2,1-9H3,(H,48,58)/t23-,25+,26+,27-,30-,37-,38-,42+,46-/m0/s1. The minimum atomic E-state index is -2.09. The molecule has 7 rings (SSSR count). The lowest BCUT2D eigenvalue weighted by Crippen LogP contribution is -2.50. The molecule has 1 amide bonds. The Hall–Kier alpha value is -5.84. The van der Waals surface area contributed by atoms with E-state index in [1.165, 1.54) is 53.2 Å². The SMILES string of the molecule is CO[C@H]1C=CO[C@@]2(C)Oc3c(C)c(O)c4c(c3C2=O)C(=O)C(N2CCN(c3ccccn3)CC2)=C(NC(=O)C(C)=CC=C[C@H](C)[C@H](O)[C@@H](C)[C@H](O)[C@H](C)[C@H](OC(C)=O)[C@@H]1C)C4=O. The van der Waals surface area contributed by atoms with Crippen LogP contribution in [0.25, 0.3) is 0 Å². The molecule has 4 N–H and O–H groups in total. The number of aromatic hydroxyl groups is 1. The zero-order valence-electron chi connectivity index (χ0n) is 36.5. The number of hydrogen-bond acceptors (Lipinski definition) is 15. The fourth-order valence-corrected chi connectivity index (χ4v) is 8.68. The topological polar surface area (TPSA) is 214 Å². The summed E-state index contributed by atoms with van der Waals surface area (Å²) in [5.41, 5.74) is -1.46. The maximum absolute atomic E-state index is 15.0. The Kier molecular flexibility index (Phi) is 13.4. The number of nitrogens with zero attached hydrogens (tertiary/aromatic N) is 3. The van der Waals surface area contributed by atoms with Crippen molar-refractivity contribution in [2.75, 3.05) is 38.2 Å². The van der Waals surface area contributed by atoms with Crippen LogP contribution in [0.15, 0.2) is 71.9 Å². The summed E-state index contributed by atoms with van der Waals surface area (Å²) in [6.45, 7) is 13.7. The molecule has 16 heteroatoms. The zero-order chi connectivity index (χ0) is 45.4. The van der Waals surface area contributed by atoms with E-state index in [0.29, 0.717) is 13.1 Å². The Bertz CT molecular complexity index is 2240. The summed E-state index contributed by atoms with van der Waals surface area (Å²) >= 11 is 0. The fourth-order valence-electron chi connectivity index (χ4n) is 8.68. The number of methoxy groups -OCH3 is 1. The molecule has 62 heavy (non-hydrogen) atoms. The van der Waals surface area contributed by atoms with Crippen molar-refractivity contribution < 1.29 is 58.2 Å². The number of aliphatic hydroxyl groups is 2. The third-order valence-corrected chi connectivity index (χ3v) is 12.5. The van der Waals surface area contributed by atoms with Gasteiger partial charge in [-0.2, -0.15) is 0 Å². The van der Waals surface area contributed by atoms with E-state index in [4.69, 9.17) is 18.9 Å². The third-order valence-electron chi connectivity index (χ3n) is 12.5. The number of benzene rings is 1. The van der Waals surface area contributed by atoms with Gasteiger partial charge in [-0.3, -0.25) is 24.0 Å². The molecule has 1 fully saturated rings. The summed E-state index contributed by atoms with van der Waals surface area (Å²) in [5.74, 6) is -8.42. The van der Waals surface area contributed by atoms with Gasteiger partial charge in [0.2, 0.25) is 11.6 Å². The minimum Gasteiger partial charge on any atom is -0.507 e. The lowest BCUT2D eigenvalue weighted by molar-refractivity contribution is -0.160. The summed E-state index contributed by atoms with van der Waals surface area (Å²) in [5, 5.41) is 37.2. The number of pyridine rings is 1. The molecular formula is C46H56N4O12. The van der Waals surface area contributed by atoms with Gasteiger partial charge in [0.1, 0.15) is 34.8 Å². The van der Waals surface area contributed by atoms with Gasteiger partial charge in [0.05, 0.1) is 41.3 Å². The van der Waals surface area contributed by atoms with Crippen molar-refractivity contribution in [1.29, 1.82) is 0 Å². The molecule has 0 spiro atoms. The fraction of sp³-hybridized carbons (Fsp3) is 0.478. The smallest absolute Gasteiger partial charge is 0.312 e. The van der Waals surface area contributed by atoms with E-state index in [-0.39, 0.29) is 52.5 Å². The highest BCUT2D eigenvalue weighted by Crippen LogP contribution is 2.49. The van der Waals surface area contributed by atoms with Gasteiger partial charge >= 0.3 is 11.8 Å². The van der Waals surface area contributed by atoms with Crippen molar-refractivity contribution in [3.05, 3.63) is 94.2 Å². The second kappa shape index (κ2) is 18.2. The highest BCUT2D eigenvalue weighted by Gasteiger charge is 2.53. The lowest BCUT2D eigenvalue weighted by Gasteiger charge is -2.39. The van der Waals surface area contributed by atoms with E-state index in [1.54, 1.807) is 57.0 Å². The van der Waals surface area contributed by atoms with E-state index in [1.807, 2.05) is 17.0 Å². The molecule has 9 atom stereocenters. The zero-order valence-corrected chi connectivity index (χ0v) is 36.5. The van der Waals surface area contributed by atoms with Gasteiger partial charge in [0, 0.05) is 88.1 Å². The van der Waals surface area contributed by atoms with Crippen LogP contribution in [0.5, 0.6) is 11.5 Å². The Morgan fingerprint density at radius 3 is 2.21 bits per heavy atom. The molecule has 0 unspecified atom stereocenters. The number of carbonyl (C=O) groups excluding carboxylic acids is 5. The van der Waals surface area contributed by atoms with Crippen molar-refractivity contribution in [2.24, 2.45) is 23.7 Å². The number of piperazine rings is 1. The molecule has 2 aromatic rings. The molecule has 5 aliphatic rings. The summed E-state index contributed by atoms with van der Waals surface area (Å²) in [7, 11) is 1.43. The number of anilines is 1. The number of aliphatic hydroxyl groups excluding tert-OH is 2. The number of allylic oxidation sites excluding steroid dienone is 4. The summed E-state index contributed by atoms with van der Waals surface area (Å²) in [6.07, 6.45) is 5.12. The first kappa shape index (κ1) is 45.7. The van der Waals surface area contributed by atoms with Crippen molar-refractivity contribution in [3.63, 3.8) is 0 Å². The number of nitrogens with one attached hydrogen (secondary N) is 1. The lowest BCUT2D eigenvalue weighted by atomic mass is 9.78. The van der Waals surface area contributed by atoms with Gasteiger partial charge in [-0.1, -0.05) is 52.0 Å². The number of Topliss-reactive ketones (excluding diaryl/α,β-unsaturated/α-hetero) is 3. The first-order valence-corrected chi connectivity index (χ1v) is 20.8. The molecule has 1 aromatic heterocycles. The summed E-state index contributed by atoms with van der Waals surface area (Å²) in [6, 6.07) is 5.53. The predicted molar refractivity (Wildman–Crippen MR) is 226 cm³/mol. The Labute approximate surface area is 360 Å². The second-order valence-corrected chi connectivity index (χ2v) is 16.7. The number of aromatic nitrogens is 1. The molecule has 16 nitrogen and oxygen atoms in total. The average Bonchev–Trinajstić information content (AvgIpc) is 3.52. The van der Waals surface area contributed by atoms with Crippen LogP contribution in [0, 0.1) is 30.6 Å². The van der Waals surface area contributed by atoms with Crippen LogP contribution in [0.4, 0.5) is 5.82 Å². The number of rotatable bonds is 4. The monoisotopic (exact) mass is 856 g/mol. The van der Waals surface area contributed by atoms with E-state index < -0.39 is 94.4 Å². The van der Waals surface area contributed by atoms with Crippen LogP contribution < -0.4 is 15.0 Å². The number of phenols is 1. The summed E-state index contributed by atoms with van der Waals surface area (Å²) in [4.78, 5) is 78.6. The van der Waals surface area contributed by atoms with Crippen molar-refractivity contribution >= 4 is 35.0 Å². The largest absolute Gasteiger partial charge is 0.507 e. The minimum absolute atomic E-state index is 0.0000801. The normalized spacial score (nSPS) is 29.9. The number of phenolic OH excluding ortho intramolecular Hbond substituents is 1. The average molecular weight is 857 g/mol. The predicted octanol–water partition coefficient (Wildman–Crippen LogP) is 4.18. The van der Waals surface area contributed by atoms with Gasteiger partial charge in [-0.15, -0.1) is 0 Å². The third kappa shape index (κ3) is 8.50. The molecule has 4 aliphatic heterocycles. The summed E-state index contributed by atoms with van der Waals surface area (Å²) < 4.78 is 23.6. The number of ether oxygens (including phenoxy) is 4. The van der Waals surface area contributed by atoms with E-state index in [9.17, 15) is 34.5 Å². The first-order valence-electron chi connectivity index (χ1n) is 20.8. The Morgan fingerprint density at radius 2 is 1.58 bits per heavy atom. The van der Waals surface area contributed by atoms with Gasteiger partial charge in [0.25, 0.3) is 11.7 Å². The van der Waals surface area contributed by atoms with Crippen molar-refractivity contribution in [3.8, 4) is 11.5 Å². The van der Waals surface area contributed by atoms with Crippen LogP contribution in [0.2, 0.25) is 0 Å². The number of carbonyl (C=O) groups is 5. The Balaban J connectivity index is 1.47. The van der Waals surface area contributed by atoms with Crippen molar-refractivity contribution in [2.45, 2.75) is 85.6 Å². The molecular weight excluding hydrogens is 801 g/mol. The molecule has 0 saturated carbocycles. The van der Waals surface area contributed by atoms with E-state index in [0.717, 1.165) is 5.82 Å². The maximum Gasteiger partial charge on any atom is 0.312 e. The highest BCUT2D eigenvalue weighted by molar-refractivity contribution is 6.32. The maximum atomic E-state index is 15.0. The molecule has 5 heterocycles. The number of amides is 1. The van der Waals surface area contributed by atoms with Crippen LogP contribution in [0.1, 0.15) is 85.1 Å².